The maximum atomic E-state index is 10.6. The second kappa shape index (κ2) is 5.89. The van der Waals surface area contributed by atoms with Crippen LogP contribution in [0.2, 0.25) is 0 Å². The highest BCUT2D eigenvalue weighted by Gasteiger charge is 2.16. The summed E-state index contributed by atoms with van der Waals surface area (Å²) in [5, 5.41) is 15.3. The molecule has 6 heteroatoms. The minimum atomic E-state index is -0.956. The van der Waals surface area contributed by atoms with Crippen molar-refractivity contribution in [3.63, 3.8) is 0 Å². The number of aryl methyl sites for hydroxylation is 1. The van der Waals surface area contributed by atoms with Crippen LogP contribution in [-0.2, 0) is 16.1 Å². The smallest absolute Gasteiger partial charge is 0.305 e. The lowest BCUT2D eigenvalue weighted by Gasteiger charge is -2.10. The van der Waals surface area contributed by atoms with E-state index in [4.69, 9.17) is 5.11 Å². The molecule has 1 rings (SSSR count). The number of nitrogens with zero attached hydrogens (tertiary/aromatic N) is 2. The first-order valence-electron chi connectivity index (χ1n) is 5.11. The molecule has 0 saturated heterocycles. The van der Waals surface area contributed by atoms with Crippen LogP contribution in [0, 0.1) is 0 Å². The average molecular weight is 225 g/mol. The van der Waals surface area contributed by atoms with Crippen LogP contribution in [0.3, 0.4) is 0 Å². The fourth-order valence-electron chi connectivity index (χ4n) is 1.44. The van der Waals surface area contributed by atoms with Gasteiger partial charge in [-0.15, -0.1) is 0 Å². The number of carbonyl (C=O) groups is 2. The standard InChI is InChI=1S/C10H15N3O3/c1-2-3-13-6-8(5-12-13)9(11-7-14)4-10(15)16/h5-7,9H,2-4H2,1H3,(H,11,14)(H,15,16)/t9-/m1/s1. The maximum absolute atomic E-state index is 10.6. The Hall–Kier alpha value is -1.85. The van der Waals surface area contributed by atoms with Gasteiger partial charge in [0.25, 0.3) is 0 Å². The zero-order chi connectivity index (χ0) is 12.0. The lowest BCUT2D eigenvalue weighted by atomic mass is 10.1. The van der Waals surface area contributed by atoms with Crippen LogP contribution >= 0.6 is 0 Å². The zero-order valence-corrected chi connectivity index (χ0v) is 9.09. The quantitative estimate of drug-likeness (QED) is 0.664. The van der Waals surface area contributed by atoms with E-state index in [1.54, 1.807) is 17.1 Å². The van der Waals surface area contributed by atoms with E-state index in [1.165, 1.54) is 0 Å². The van der Waals surface area contributed by atoms with Crippen LogP contribution in [-0.4, -0.2) is 27.3 Å². The first kappa shape index (κ1) is 12.2. The van der Waals surface area contributed by atoms with E-state index in [0.29, 0.717) is 12.0 Å². The molecule has 2 N–H and O–H groups in total. The van der Waals surface area contributed by atoms with Gasteiger partial charge in [-0.25, -0.2) is 0 Å². The Morgan fingerprint density at radius 2 is 2.50 bits per heavy atom. The molecular formula is C10H15N3O3. The first-order valence-corrected chi connectivity index (χ1v) is 5.11. The average Bonchev–Trinajstić information content (AvgIpc) is 2.66. The minimum Gasteiger partial charge on any atom is -0.481 e. The van der Waals surface area contributed by atoms with Crippen molar-refractivity contribution in [2.75, 3.05) is 0 Å². The third-order valence-electron chi connectivity index (χ3n) is 2.16. The second-order valence-corrected chi connectivity index (χ2v) is 3.47. The number of rotatable bonds is 7. The van der Waals surface area contributed by atoms with E-state index < -0.39 is 12.0 Å². The number of nitrogens with one attached hydrogen (secondary N) is 1. The molecule has 0 spiro atoms. The van der Waals surface area contributed by atoms with Crippen molar-refractivity contribution in [3.8, 4) is 0 Å². The van der Waals surface area contributed by atoms with Gasteiger partial charge in [0.1, 0.15) is 0 Å². The van der Waals surface area contributed by atoms with Crippen molar-refractivity contribution in [1.82, 2.24) is 15.1 Å². The van der Waals surface area contributed by atoms with Gasteiger partial charge in [0, 0.05) is 18.3 Å². The fourth-order valence-corrected chi connectivity index (χ4v) is 1.44. The second-order valence-electron chi connectivity index (χ2n) is 3.47. The number of carbonyl (C=O) groups excluding carboxylic acids is 1. The molecule has 1 aromatic heterocycles. The number of aliphatic carboxylic acids is 1. The van der Waals surface area contributed by atoms with E-state index in [-0.39, 0.29) is 6.42 Å². The van der Waals surface area contributed by atoms with Crippen molar-refractivity contribution < 1.29 is 14.7 Å². The Labute approximate surface area is 93.3 Å². The molecule has 6 nitrogen and oxygen atoms in total. The molecule has 0 fully saturated rings. The van der Waals surface area contributed by atoms with Crippen molar-refractivity contribution in [1.29, 1.82) is 0 Å². The number of carboxylic acids is 1. The summed E-state index contributed by atoms with van der Waals surface area (Å²) in [6.07, 6.45) is 4.65. The molecule has 16 heavy (non-hydrogen) atoms. The van der Waals surface area contributed by atoms with Crippen LogP contribution in [0.4, 0.5) is 0 Å². The van der Waals surface area contributed by atoms with E-state index in [1.807, 2.05) is 6.92 Å². The highest BCUT2D eigenvalue weighted by Crippen LogP contribution is 2.15. The molecule has 0 radical (unpaired) electrons. The summed E-state index contributed by atoms with van der Waals surface area (Å²) >= 11 is 0. The van der Waals surface area contributed by atoms with Gasteiger partial charge in [0.05, 0.1) is 18.7 Å². The molecule has 0 unspecified atom stereocenters. The largest absolute Gasteiger partial charge is 0.481 e. The third-order valence-corrected chi connectivity index (χ3v) is 2.16. The topological polar surface area (TPSA) is 84.2 Å². The Kier molecular flexibility index (Phi) is 4.50. The van der Waals surface area contributed by atoms with Crippen LogP contribution in [0.5, 0.6) is 0 Å². The van der Waals surface area contributed by atoms with Crippen LogP contribution < -0.4 is 5.32 Å². The van der Waals surface area contributed by atoms with Gasteiger partial charge < -0.3 is 10.4 Å². The van der Waals surface area contributed by atoms with Crippen LogP contribution in [0.25, 0.3) is 0 Å². The zero-order valence-electron chi connectivity index (χ0n) is 9.09. The maximum Gasteiger partial charge on any atom is 0.305 e. The summed E-state index contributed by atoms with van der Waals surface area (Å²) in [5.74, 6) is -0.956. The van der Waals surface area contributed by atoms with Gasteiger partial charge in [-0.1, -0.05) is 6.92 Å². The first-order chi connectivity index (χ1) is 7.67. The van der Waals surface area contributed by atoms with Gasteiger partial charge in [-0.3, -0.25) is 14.3 Å². The van der Waals surface area contributed by atoms with E-state index in [2.05, 4.69) is 10.4 Å². The Morgan fingerprint density at radius 1 is 1.75 bits per heavy atom. The van der Waals surface area contributed by atoms with E-state index in [0.717, 1.165) is 13.0 Å². The summed E-state index contributed by atoms with van der Waals surface area (Å²) in [6, 6.07) is -0.513. The van der Waals surface area contributed by atoms with Crippen LogP contribution in [0.15, 0.2) is 12.4 Å². The van der Waals surface area contributed by atoms with Crippen molar-refractivity contribution in [3.05, 3.63) is 18.0 Å². The number of amides is 1. The summed E-state index contributed by atoms with van der Waals surface area (Å²) < 4.78 is 1.73. The number of hydrogen-bond acceptors (Lipinski definition) is 3. The molecule has 1 atom stereocenters. The van der Waals surface area contributed by atoms with Crippen LogP contribution in [0.1, 0.15) is 31.4 Å². The Morgan fingerprint density at radius 3 is 3.06 bits per heavy atom. The Bertz CT molecular complexity index is 362. The molecule has 0 aromatic carbocycles. The van der Waals surface area contributed by atoms with Gasteiger partial charge >= 0.3 is 5.97 Å². The number of hydrogen-bond donors (Lipinski definition) is 2. The molecule has 1 amide bonds. The van der Waals surface area contributed by atoms with Gasteiger partial charge in [-0.2, -0.15) is 5.10 Å². The lowest BCUT2D eigenvalue weighted by Crippen LogP contribution is -2.22. The molecule has 0 aliphatic carbocycles. The van der Waals surface area contributed by atoms with Crippen molar-refractivity contribution in [2.24, 2.45) is 0 Å². The summed E-state index contributed by atoms with van der Waals surface area (Å²) in [6.45, 7) is 2.81. The molecule has 0 bridgehead atoms. The molecule has 1 heterocycles. The monoisotopic (exact) mass is 225 g/mol. The highest BCUT2D eigenvalue weighted by atomic mass is 16.4. The predicted octanol–water partition coefficient (Wildman–Crippen LogP) is 0.555. The SMILES string of the molecule is CCCn1cc([C@@H](CC(=O)O)NC=O)cn1. The minimum absolute atomic E-state index is 0.142. The summed E-state index contributed by atoms with van der Waals surface area (Å²) in [4.78, 5) is 21.0. The van der Waals surface area contributed by atoms with Crippen molar-refractivity contribution >= 4 is 12.4 Å². The number of aromatic nitrogens is 2. The molecular weight excluding hydrogens is 210 g/mol. The lowest BCUT2D eigenvalue weighted by molar-refractivity contribution is -0.137. The molecule has 0 saturated carbocycles. The summed E-state index contributed by atoms with van der Waals surface area (Å²) in [7, 11) is 0. The molecule has 0 aliphatic rings. The van der Waals surface area contributed by atoms with E-state index in [9.17, 15) is 9.59 Å². The Balaban J connectivity index is 2.74. The highest BCUT2D eigenvalue weighted by molar-refractivity contribution is 5.68. The fraction of sp³-hybridized carbons (Fsp3) is 0.500. The van der Waals surface area contributed by atoms with E-state index >= 15 is 0 Å². The van der Waals surface area contributed by atoms with Gasteiger partial charge in [0.2, 0.25) is 6.41 Å². The third kappa shape index (κ3) is 3.38. The molecule has 88 valence electrons. The molecule has 1 aromatic rings. The normalized spacial score (nSPS) is 12.1. The summed E-state index contributed by atoms with van der Waals surface area (Å²) in [5.41, 5.74) is 0.711. The predicted molar refractivity (Wildman–Crippen MR) is 56.7 cm³/mol. The van der Waals surface area contributed by atoms with Crippen molar-refractivity contribution in [2.45, 2.75) is 32.4 Å². The van der Waals surface area contributed by atoms with Gasteiger partial charge in [-0.05, 0) is 6.42 Å². The number of carboxylic acid groups (broad SMARTS) is 1. The molecule has 0 aliphatic heterocycles. The van der Waals surface area contributed by atoms with Gasteiger partial charge in [0.15, 0.2) is 0 Å².